The van der Waals surface area contributed by atoms with Gasteiger partial charge in [0.05, 0.1) is 0 Å². The summed E-state index contributed by atoms with van der Waals surface area (Å²) in [4.78, 5) is 14.0. The summed E-state index contributed by atoms with van der Waals surface area (Å²) >= 11 is 0. The second-order valence-electron chi connectivity index (χ2n) is 6.83. The zero-order valence-electron chi connectivity index (χ0n) is 13.2. The van der Waals surface area contributed by atoms with Crippen molar-refractivity contribution in [3.8, 4) is 0 Å². The summed E-state index contributed by atoms with van der Waals surface area (Å²) in [7, 11) is 0. The highest BCUT2D eigenvalue weighted by atomic mass is 16.6. The van der Waals surface area contributed by atoms with Gasteiger partial charge in [-0.05, 0) is 45.1 Å². The SMILES string of the molecule is CC(C)(C)OC(=O)N1CC[C@@H](N)[C@@H](Cc2ccccc2)C1. The summed E-state index contributed by atoms with van der Waals surface area (Å²) in [5.41, 5.74) is 7.05. The lowest BCUT2D eigenvalue weighted by molar-refractivity contribution is 0.0148. The van der Waals surface area contributed by atoms with Crippen LogP contribution in [-0.2, 0) is 11.2 Å². The molecule has 1 aromatic rings. The fraction of sp³-hybridized carbons (Fsp3) is 0.588. The molecular formula is C17H26N2O2. The van der Waals surface area contributed by atoms with Gasteiger partial charge in [0, 0.05) is 19.1 Å². The number of likely N-dealkylation sites (tertiary alicyclic amines) is 1. The van der Waals surface area contributed by atoms with Gasteiger partial charge in [0.25, 0.3) is 0 Å². The molecule has 1 aromatic carbocycles. The Bertz CT molecular complexity index is 467. The fourth-order valence-electron chi connectivity index (χ4n) is 2.68. The van der Waals surface area contributed by atoms with E-state index in [1.165, 1.54) is 5.56 Å². The van der Waals surface area contributed by atoms with Gasteiger partial charge in [0.15, 0.2) is 0 Å². The Balaban J connectivity index is 1.97. The first-order valence-corrected chi connectivity index (χ1v) is 7.62. The van der Waals surface area contributed by atoms with Crippen molar-refractivity contribution in [3.05, 3.63) is 35.9 Å². The molecule has 2 N–H and O–H groups in total. The van der Waals surface area contributed by atoms with E-state index in [1.54, 1.807) is 4.90 Å². The van der Waals surface area contributed by atoms with Crippen molar-refractivity contribution in [1.82, 2.24) is 4.90 Å². The van der Waals surface area contributed by atoms with E-state index >= 15 is 0 Å². The molecule has 0 aliphatic carbocycles. The van der Waals surface area contributed by atoms with Crippen molar-refractivity contribution < 1.29 is 9.53 Å². The molecule has 1 aliphatic heterocycles. The van der Waals surface area contributed by atoms with Gasteiger partial charge in [0.2, 0.25) is 0 Å². The zero-order valence-corrected chi connectivity index (χ0v) is 13.2. The largest absolute Gasteiger partial charge is 0.444 e. The highest BCUT2D eigenvalue weighted by Crippen LogP contribution is 2.22. The zero-order chi connectivity index (χ0) is 15.5. The molecule has 0 spiro atoms. The molecule has 4 nitrogen and oxygen atoms in total. The molecule has 116 valence electrons. The molecule has 0 bridgehead atoms. The third-order valence-corrected chi connectivity index (χ3v) is 3.79. The van der Waals surface area contributed by atoms with Crippen LogP contribution in [0.5, 0.6) is 0 Å². The van der Waals surface area contributed by atoms with Crippen LogP contribution in [0.3, 0.4) is 0 Å². The molecule has 0 unspecified atom stereocenters. The Morgan fingerprint density at radius 3 is 2.62 bits per heavy atom. The number of piperidine rings is 1. The number of hydrogen-bond donors (Lipinski definition) is 1. The minimum Gasteiger partial charge on any atom is -0.444 e. The maximum atomic E-state index is 12.2. The lowest BCUT2D eigenvalue weighted by atomic mass is 9.87. The highest BCUT2D eigenvalue weighted by molar-refractivity contribution is 5.68. The van der Waals surface area contributed by atoms with Crippen molar-refractivity contribution >= 4 is 6.09 Å². The van der Waals surface area contributed by atoms with Gasteiger partial charge < -0.3 is 15.4 Å². The first kappa shape index (κ1) is 15.8. The maximum Gasteiger partial charge on any atom is 0.410 e. The number of rotatable bonds is 2. The maximum absolute atomic E-state index is 12.2. The Labute approximate surface area is 127 Å². The van der Waals surface area contributed by atoms with Crippen LogP contribution >= 0.6 is 0 Å². The van der Waals surface area contributed by atoms with Crippen LogP contribution in [-0.4, -0.2) is 35.7 Å². The van der Waals surface area contributed by atoms with Crippen LogP contribution in [0.1, 0.15) is 32.8 Å². The standard InChI is InChI=1S/C17H26N2O2/c1-17(2,3)21-16(20)19-10-9-15(18)14(12-19)11-13-7-5-4-6-8-13/h4-8,14-15H,9-12,18H2,1-3H3/t14-,15+/m0/s1. The molecule has 0 saturated carbocycles. The van der Waals surface area contributed by atoms with E-state index in [9.17, 15) is 4.79 Å². The van der Waals surface area contributed by atoms with Gasteiger partial charge in [-0.3, -0.25) is 0 Å². The van der Waals surface area contributed by atoms with Crippen LogP contribution in [0.2, 0.25) is 0 Å². The Morgan fingerprint density at radius 1 is 1.33 bits per heavy atom. The molecule has 0 aromatic heterocycles. The quantitative estimate of drug-likeness (QED) is 0.911. The summed E-state index contributed by atoms with van der Waals surface area (Å²) in [6.45, 7) is 7.03. The summed E-state index contributed by atoms with van der Waals surface area (Å²) in [6.07, 6.45) is 1.50. The highest BCUT2D eigenvalue weighted by Gasteiger charge is 2.31. The van der Waals surface area contributed by atoms with Gasteiger partial charge in [0.1, 0.15) is 5.60 Å². The molecule has 1 heterocycles. The summed E-state index contributed by atoms with van der Waals surface area (Å²) < 4.78 is 5.46. The van der Waals surface area contributed by atoms with E-state index in [2.05, 4.69) is 12.1 Å². The molecule has 1 amide bonds. The number of nitrogens with zero attached hydrogens (tertiary/aromatic N) is 1. The predicted octanol–water partition coefficient (Wildman–Crippen LogP) is 2.81. The Kier molecular flexibility index (Phi) is 4.88. The van der Waals surface area contributed by atoms with Crippen molar-refractivity contribution in [1.29, 1.82) is 0 Å². The van der Waals surface area contributed by atoms with Crippen LogP contribution in [0, 0.1) is 5.92 Å². The van der Waals surface area contributed by atoms with Crippen LogP contribution in [0.15, 0.2) is 30.3 Å². The number of ether oxygens (including phenoxy) is 1. The number of amides is 1. The van der Waals surface area contributed by atoms with Crippen LogP contribution in [0.4, 0.5) is 4.79 Å². The second kappa shape index (κ2) is 6.48. The average molecular weight is 290 g/mol. The Hall–Kier alpha value is -1.55. The molecule has 2 rings (SSSR count). The van der Waals surface area contributed by atoms with Crippen molar-refractivity contribution in [2.45, 2.75) is 45.3 Å². The average Bonchev–Trinajstić information content (AvgIpc) is 2.40. The van der Waals surface area contributed by atoms with E-state index in [-0.39, 0.29) is 18.1 Å². The molecule has 1 aliphatic rings. The topological polar surface area (TPSA) is 55.6 Å². The van der Waals surface area contributed by atoms with Crippen molar-refractivity contribution in [2.75, 3.05) is 13.1 Å². The minimum atomic E-state index is -0.453. The second-order valence-corrected chi connectivity index (χ2v) is 6.83. The molecule has 21 heavy (non-hydrogen) atoms. The molecule has 4 heteroatoms. The van der Waals surface area contributed by atoms with E-state index in [1.807, 2.05) is 39.0 Å². The monoisotopic (exact) mass is 290 g/mol. The lowest BCUT2D eigenvalue weighted by Gasteiger charge is -2.37. The van der Waals surface area contributed by atoms with Crippen LogP contribution < -0.4 is 5.73 Å². The third kappa shape index (κ3) is 4.74. The third-order valence-electron chi connectivity index (χ3n) is 3.79. The molecule has 1 fully saturated rings. The molecular weight excluding hydrogens is 264 g/mol. The minimum absolute atomic E-state index is 0.142. The molecule has 0 radical (unpaired) electrons. The fourth-order valence-corrected chi connectivity index (χ4v) is 2.68. The van der Waals surface area contributed by atoms with E-state index in [4.69, 9.17) is 10.5 Å². The molecule has 1 saturated heterocycles. The van der Waals surface area contributed by atoms with E-state index in [0.717, 1.165) is 12.8 Å². The Morgan fingerprint density at radius 2 is 2.00 bits per heavy atom. The first-order valence-electron chi connectivity index (χ1n) is 7.62. The van der Waals surface area contributed by atoms with Gasteiger partial charge >= 0.3 is 6.09 Å². The summed E-state index contributed by atoms with van der Waals surface area (Å²) in [5, 5.41) is 0. The number of carbonyl (C=O) groups is 1. The number of carbonyl (C=O) groups excluding carboxylic acids is 1. The van der Waals surface area contributed by atoms with Gasteiger partial charge in [-0.1, -0.05) is 30.3 Å². The predicted molar refractivity (Wildman–Crippen MR) is 84.0 cm³/mol. The first-order chi connectivity index (χ1) is 9.85. The number of hydrogen-bond acceptors (Lipinski definition) is 3. The van der Waals surface area contributed by atoms with Gasteiger partial charge in [-0.2, -0.15) is 0 Å². The smallest absolute Gasteiger partial charge is 0.410 e. The van der Waals surface area contributed by atoms with E-state index in [0.29, 0.717) is 13.1 Å². The van der Waals surface area contributed by atoms with E-state index < -0.39 is 5.60 Å². The normalized spacial score (nSPS) is 23.0. The lowest BCUT2D eigenvalue weighted by Crippen LogP contribution is -2.51. The number of benzene rings is 1. The van der Waals surface area contributed by atoms with Crippen LogP contribution in [0.25, 0.3) is 0 Å². The van der Waals surface area contributed by atoms with Gasteiger partial charge in [-0.25, -0.2) is 4.79 Å². The summed E-state index contributed by atoms with van der Waals surface area (Å²) in [5.74, 6) is 0.286. The van der Waals surface area contributed by atoms with Crippen molar-refractivity contribution in [3.63, 3.8) is 0 Å². The van der Waals surface area contributed by atoms with Gasteiger partial charge in [-0.15, -0.1) is 0 Å². The number of nitrogens with two attached hydrogens (primary N) is 1. The summed E-state index contributed by atoms with van der Waals surface area (Å²) in [6, 6.07) is 10.4. The molecule has 2 atom stereocenters. The van der Waals surface area contributed by atoms with Crippen molar-refractivity contribution in [2.24, 2.45) is 11.7 Å².